The third-order valence-corrected chi connectivity index (χ3v) is 7.61. The molecule has 0 unspecified atom stereocenters. The Morgan fingerprint density at radius 1 is 1.10 bits per heavy atom. The first-order chi connectivity index (χ1) is 19.5. The summed E-state index contributed by atoms with van der Waals surface area (Å²) in [5, 5.41) is 28.2. The summed E-state index contributed by atoms with van der Waals surface area (Å²) in [5.41, 5.74) is 2.37. The summed E-state index contributed by atoms with van der Waals surface area (Å²) >= 11 is 0. The van der Waals surface area contributed by atoms with E-state index in [1.165, 1.54) is 5.56 Å². The van der Waals surface area contributed by atoms with Crippen LogP contribution in [0, 0.1) is 0 Å². The molecule has 0 radical (unpaired) electrons. The molecule has 10 nitrogen and oxygen atoms in total. The van der Waals surface area contributed by atoms with Crippen LogP contribution in [-0.2, 0) is 17.6 Å². The van der Waals surface area contributed by atoms with Gasteiger partial charge in [0.05, 0.1) is 6.10 Å². The lowest BCUT2D eigenvalue weighted by Crippen LogP contribution is -2.49. The average Bonchev–Trinajstić information content (AvgIpc) is 3.37. The molecule has 4 rings (SSSR count). The number of urea groups is 1. The fraction of sp³-hybridized carbons (Fsp3) is 0.567. The third kappa shape index (κ3) is 9.67. The second-order valence-corrected chi connectivity index (χ2v) is 10.8. The SMILES string of the molecule is O=C(N[C@H]1CC[C@H](O)C1)N[C@H](CCN(CCCCc1ccc2c(n1)NCCC2)CCOc1ccccc1)C(=O)O. The molecule has 1 aliphatic heterocycles. The largest absolute Gasteiger partial charge is 0.492 e. The molecule has 1 fully saturated rings. The molecule has 2 amide bonds. The number of aryl methyl sites for hydroxylation is 2. The van der Waals surface area contributed by atoms with Gasteiger partial charge in [-0.3, -0.25) is 4.90 Å². The Morgan fingerprint density at radius 2 is 1.95 bits per heavy atom. The lowest BCUT2D eigenvalue weighted by atomic mass is 10.1. The Hall–Kier alpha value is -3.37. The number of aliphatic hydroxyl groups excluding tert-OH is 1. The van der Waals surface area contributed by atoms with Crippen LogP contribution in [0.25, 0.3) is 0 Å². The highest BCUT2D eigenvalue weighted by molar-refractivity contribution is 5.82. The number of ether oxygens (including phenoxy) is 1. The first-order valence-electron chi connectivity index (χ1n) is 14.6. The molecule has 2 aliphatic rings. The van der Waals surface area contributed by atoms with Crippen LogP contribution in [0.2, 0.25) is 0 Å². The van der Waals surface area contributed by atoms with E-state index in [1.54, 1.807) is 0 Å². The van der Waals surface area contributed by atoms with Crippen LogP contribution in [0.3, 0.4) is 0 Å². The number of para-hydroxylation sites is 1. The van der Waals surface area contributed by atoms with Crippen LogP contribution < -0.4 is 20.7 Å². The number of aliphatic hydroxyl groups is 1. The molecule has 1 saturated carbocycles. The summed E-state index contributed by atoms with van der Waals surface area (Å²) in [4.78, 5) is 31.3. The van der Waals surface area contributed by atoms with Gasteiger partial charge in [-0.25, -0.2) is 14.6 Å². The van der Waals surface area contributed by atoms with Gasteiger partial charge in [0.15, 0.2) is 0 Å². The average molecular weight is 554 g/mol. The van der Waals surface area contributed by atoms with Crippen molar-refractivity contribution in [1.82, 2.24) is 20.5 Å². The van der Waals surface area contributed by atoms with E-state index in [2.05, 4.69) is 33.0 Å². The second kappa shape index (κ2) is 15.4. The highest BCUT2D eigenvalue weighted by Gasteiger charge is 2.26. The van der Waals surface area contributed by atoms with E-state index >= 15 is 0 Å². The molecule has 40 heavy (non-hydrogen) atoms. The molecule has 3 atom stereocenters. The zero-order chi connectivity index (χ0) is 28.2. The first-order valence-corrected chi connectivity index (χ1v) is 14.6. The van der Waals surface area contributed by atoms with Crippen molar-refractivity contribution < 1.29 is 24.5 Å². The topological polar surface area (TPSA) is 136 Å². The molecular formula is C30H43N5O5. The molecule has 1 aromatic heterocycles. The number of pyridine rings is 1. The number of carboxylic acids is 1. The maximum Gasteiger partial charge on any atom is 0.326 e. The Morgan fingerprint density at radius 3 is 2.73 bits per heavy atom. The summed E-state index contributed by atoms with van der Waals surface area (Å²) in [6.07, 6.45) is 6.72. The number of nitrogens with one attached hydrogen (secondary N) is 3. The molecule has 5 N–H and O–H groups in total. The van der Waals surface area contributed by atoms with Crippen molar-refractivity contribution in [2.45, 2.75) is 76.0 Å². The van der Waals surface area contributed by atoms with Crippen LogP contribution in [0.5, 0.6) is 5.75 Å². The van der Waals surface area contributed by atoms with Gasteiger partial charge in [-0.15, -0.1) is 0 Å². The molecule has 0 saturated heterocycles. The predicted molar refractivity (Wildman–Crippen MR) is 154 cm³/mol. The van der Waals surface area contributed by atoms with Crippen LogP contribution in [0.4, 0.5) is 10.6 Å². The van der Waals surface area contributed by atoms with E-state index in [4.69, 9.17) is 9.72 Å². The zero-order valence-electron chi connectivity index (χ0n) is 23.2. The first kappa shape index (κ1) is 29.6. The summed E-state index contributed by atoms with van der Waals surface area (Å²) < 4.78 is 5.89. The molecule has 2 heterocycles. The second-order valence-electron chi connectivity index (χ2n) is 10.8. The molecule has 218 valence electrons. The lowest BCUT2D eigenvalue weighted by Gasteiger charge is -2.25. The van der Waals surface area contributed by atoms with E-state index in [0.29, 0.717) is 39.0 Å². The Bertz CT molecular complexity index is 1090. The van der Waals surface area contributed by atoms with Crippen molar-refractivity contribution in [2.75, 3.05) is 38.1 Å². The van der Waals surface area contributed by atoms with Crippen LogP contribution >= 0.6 is 0 Å². The van der Waals surface area contributed by atoms with Crippen LogP contribution in [0.15, 0.2) is 42.5 Å². The fourth-order valence-corrected chi connectivity index (χ4v) is 5.34. The van der Waals surface area contributed by atoms with Gasteiger partial charge >= 0.3 is 12.0 Å². The van der Waals surface area contributed by atoms with E-state index in [-0.39, 0.29) is 12.5 Å². The minimum Gasteiger partial charge on any atom is -0.492 e. The number of amides is 2. The quantitative estimate of drug-likeness (QED) is 0.212. The molecule has 1 aromatic carbocycles. The number of aromatic nitrogens is 1. The summed E-state index contributed by atoms with van der Waals surface area (Å²) in [6, 6.07) is 12.3. The van der Waals surface area contributed by atoms with Crippen molar-refractivity contribution in [3.63, 3.8) is 0 Å². The number of carboxylic acid groups (broad SMARTS) is 1. The maximum absolute atomic E-state index is 12.4. The Balaban J connectivity index is 1.25. The van der Waals surface area contributed by atoms with E-state index in [9.17, 15) is 19.8 Å². The van der Waals surface area contributed by atoms with Crippen molar-refractivity contribution in [2.24, 2.45) is 0 Å². The molecular weight excluding hydrogens is 510 g/mol. The summed E-state index contributed by atoms with van der Waals surface area (Å²) in [5.74, 6) is 0.756. The van der Waals surface area contributed by atoms with Gasteiger partial charge < -0.3 is 30.9 Å². The molecule has 0 spiro atoms. The minimum atomic E-state index is -1.06. The van der Waals surface area contributed by atoms with Gasteiger partial charge in [0.2, 0.25) is 0 Å². The van der Waals surface area contributed by atoms with Crippen molar-refractivity contribution in [3.8, 4) is 5.75 Å². The number of carbonyl (C=O) groups excluding carboxylic acids is 1. The van der Waals surface area contributed by atoms with Crippen molar-refractivity contribution in [1.29, 1.82) is 0 Å². The monoisotopic (exact) mass is 553 g/mol. The third-order valence-electron chi connectivity index (χ3n) is 7.61. The maximum atomic E-state index is 12.4. The van der Waals surface area contributed by atoms with Crippen molar-refractivity contribution in [3.05, 3.63) is 53.7 Å². The summed E-state index contributed by atoms with van der Waals surface area (Å²) in [6.45, 7) is 3.41. The van der Waals surface area contributed by atoms with Gasteiger partial charge in [-0.2, -0.15) is 0 Å². The number of nitrogens with zero attached hydrogens (tertiary/aromatic N) is 2. The molecule has 1 aliphatic carbocycles. The van der Waals surface area contributed by atoms with Crippen LogP contribution in [-0.4, -0.2) is 83.1 Å². The smallest absolute Gasteiger partial charge is 0.326 e. The molecule has 10 heteroatoms. The number of aliphatic carboxylic acids is 1. The number of hydrogen-bond acceptors (Lipinski definition) is 7. The number of anilines is 1. The number of hydrogen-bond donors (Lipinski definition) is 5. The molecule has 2 aromatic rings. The van der Waals surface area contributed by atoms with Gasteiger partial charge in [-0.05, 0) is 88.1 Å². The van der Waals surface area contributed by atoms with Gasteiger partial charge in [0, 0.05) is 31.4 Å². The molecule has 0 bridgehead atoms. The predicted octanol–water partition coefficient (Wildman–Crippen LogP) is 3.20. The normalized spacial score (nSPS) is 18.9. The van der Waals surface area contributed by atoms with E-state index in [1.807, 2.05) is 30.3 Å². The minimum absolute atomic E-state index is 0.128. The number of fused-ring (bicyclic) bond motifs is 1. The fourth-order valence-electron chi connectivity index (χ4n) is 5.34. The van der Waals surface area contributed by atoms with Crippen molar-refractivity contribution >= 4 is 17.8 Å². The highest BCUT2D eigenvalue weighted by atomic mass is 16.5. The number of benzene rings is 1. The zero-order valence-corrected chi connectivity index (χ0v) is 23.2. The van der Waals surface area contributed by atoms with Gasteiger partial charge in [-0.1, -0.05) is 24.3 Å². The lowest BCUT2D eigenvalue weighted by molar-refractivity contribution is -0.139. The number of unbranched alkanes of at least 4 members (excludes halogenated alkanes) is 1. The number of rotatable bonds is 15. The van der Waals surface area contributed by atoms with Gasteiger partial charge in [0.25, 0.3) is 0 Å². The number of carbonyl (C=O) groups is 2. The summed E-state index contributed by atoms with van der Waals surface area (Å²) in [7, 11) is 0. The van der Waals surface area contributed by atoms with Gasteiger partial charge in [0.1, 0.15) is 24.2 Å². The van der Waals surface area contributed by atoms with Crippen LogP contribution in [0.1, 0.15) is 56.2 Å². The highest BCUT2D eigenvalue weighted by Crippen LogP contribution is 2.21. The Kier molecular flexibility index (Phi) is 11.4. The Labute approximate surface area is 236 Å². The van der Waals surface area contributed by atoms with E-state index < -0.39 is 24.1 Å². The van der Waals surface area contributed by atoms with E-state index in [0.717, 1.165) is 62.5 Å². The standard InChI is InChI=1S/C30H43N5O5/c36-25-14-13-24(21-25)33-30(39)34-27(29(37)38)15-18-35(19-20-40-26-9-2-1-3-10-26)17-5-4-8-23-12-11-22-7-6-16-31-28(22)32-23/h1-3,9-12,24-25,27,36H,4-8,13-21H2,(H,31,32)(H,37,38)(H2,33,34,39)/t24-,25-,27+/m0/s1.